The van der Waals surface area contributed by atoms with Gasteiger partial charge >= 0.3 is 18.2 Å². The third-order valence-corrected chi connectivity index (χ3v) is 6.41. The average molecular weight is 516 g/mol. The number of nitrogens with two attached hydrogens (primary N) is 1. The molecule has 0 bridgehead atoms. The SMILES string of the molecule is C[C@@H](NC(=O)N1C(=O)[C@H](Cc2ccnc(N)c2)[C@H]1S(C)(=O)=O)c1ccccc1.O=C(O)C(F)(F)F. The summed E-state index contributed by atoms with van der Waals surface area (Å²) >= 11 is 0. The van der Waals surface area contributed by atoms with Crippen LogP contribution in [0.25, 0.3) is 0 Å². The van der Waals surface area contributed by atoms with Gasteiger partial charge in [0.25, 0.3) is 0 Å². The van der Waals surface area contributed by atoms with E-state index in [0.29, 0.717) is 5.56 Å². The zero-order valence-electron chi connectivity index (χ0n) is 18.6. The second-order valence-corrected chi connectivity index (χ2v) is 9.85. The number of carboxylic acids is 1. The lowest BCUT2D eigenvalue weighted by Gasteiger charge is -2.44. The first-order valence-corrected chi connectivity index (χ1v) is 12.0. The number of rotatable bonds is 5. The molecule has 0 aliphatic carbocycles. The van der Waals surface area contributed by atoms with E-state index < -0.39 is 45.2 Å². The van der Waals surface area contributed by atoms with E-state index in [9.17, 15) is 31.2 Å². The van der Waals surface area contributed by atoms with Gasteiger partial charge in [-0.2, -0.15) is 13.2 Å². The summed E-state index contributed by atoms with van der Waals surface area (Å²) in [6.07, 6.45) is -2.39. The summed E-state index contributed by atoms with van der Waals surface area (Å²) in [6.45, 7) is 1.77. The van der Waals surface area contributed by atoms with Crippen LogP contribution in [0.3, 0.4) is 0 Å². The number of carboxylic acid groups (broad SMARTS) is 1. The van der Waals surface area contributed by atoms with Crippen LogP contribution in [0.5, 0.6) is 0 Å². The zero-order chi connectivity index (χ0) is 26.6. The molecule has 2 aromatic rings. The summed E-state index contributed by atoms with van der Waals surface area (Å²) in [5, 5.41) is 8.61. The van der Waals surface area contributed by atoms with Crippen molar-refractivity contribution in [3.05, 3.63) is 59.8 Å². The highest BCUT2D eigenvalue weighted by atomic mass is 32.2. The highest BCUT2D eigenvalue weighted by Crippen LogP contribution is 2.34. The van der Waals surface area contributed by atoms with Crippen molar-refractivity contribution in [3.63, 3.8) is 0 Å². The Morgan fingerprint density at radius 3 is 2.29 bits per heavy atom. The summed E-state index contributed by atoms with van der Waals surface area (Å²) < 4.78 is 56.3. The van der Waals surface area contributed by atoms with Gasteiger partial charge in [0.1, 0.15) is 5.82 Å². The molecule has 1 fully saturated rings. The number of carbonyl (C=O) groups excluding carboxylic acids is 2. The first kappa shape index (κ1) is 27.6. The van der Waals surface area contributed by atoms with E-state index in [-0.39, 0.29) is 18.3 Å². The van der Waals surface area contributed by atoms with Gasteiger partial charge in [-0.05, 0) is 36.6 Å². The lowest BCUT2D eigenvalue weighted by molar-refractivity contribution is -0.192. The van der Waals surface area contributed by atoms with E-state index in [0.717, 1.165) is 16.7 Å². The number of likely N-dealkylation sites (tertiary alicyclic amines) is 1. The van der Waals surface area contributed by atoms with Crippen LogP contribution < -0.4 is 11.1 Å². The molecule has 1 aliphatic rings. The van der Waals surface area contributed by atoms with Gasteiger partial charge in [-0.3, -0.25) is 4.79 Å². The zero-order valence-corrected chi connectivity index (χ0v) is 19.4. The van der Waals surface area contributed by atoms with Gasteiger partial charge < -0.3 is 16.2 Å². The molecule has 14 heteroatoms. The second-order valence-electron chi connectivity index (χ2n) is 7.71. The van der Waals surface area contributed by atoms with E-state index in [1.54, 1.807) is 19.1 Å². The van der Waals surface area contributed by atoms with E-state index in [2.05, 4.69) is 10.3 Å². The molecule has 0 saturated carbocycles. The molecule has 10 nitrogen and oxygen atoms in total. The monoisotopic (exact) mass is 516 g/mol. The third kappa shape index (κ3) is 7.15. The molecular formula is C21H23F3N4O6S. The normalized spacial score (nSPS) is 18.5. The van der Waals surface area contributed by atoms with Crippen molar-refractivity contribution in [2.75, 3.05) is 12.0 Å². The standard InChI is InChI=1S/C19H22N4O4S.C2HF3O2/c1-12(14-6-4-3-5-7-14)22-19(25)23-17(24)15(18(23)28(2,26)27)10-13-8-9-21-16(20)11-13;3-2(4,5)1(6)7/h3-9,11-12,15,18H,10H2,1-2H3,(H2,20,21)(H,22,25);(H,6,7)/t12-,15+,18-;/m1./s1. The number of urea groups is 1. The number of aliphatic carboxylic acids is 1. The molecule has 3 rings (SSSR count). The largest absolute Gasteiger partial charge is 0.490 e. The van der Waals surface area contributed by atoms with Crippen LogP contribution in [0.1, 0.15) is 24.1 Å². The molecule has 0 radical (unpaired) electrons. The van der Waals surface area contributed by atoms with Crippen LogP contribution in [0.4, 0.5) is 23.8 Å². The quantitative estimate of drug-likeness (QED) is 0.510. The number of nitrogens with one attached hydrogen (secondary N) is 1. The number of halogens is 3. The fraction of sp³-hybridized carbons (Fsp3) is 0.333. The van der Waals surface area contributed by atoms with Crippen molar-refractivity contribution in [1.29, 1.82) is 0 Å². The molecule has 0 spiro atoms. The van der Waals surface area contributed by atoms with E-state index >= 15 is 0 Å². The first-order chi connectivity index (χ1) is 16.1. The Morgan fingerprint density at radius 1 is 1.23 bits per heavy atom. The van der Waals surface area contributed by atoms with Crippen molar-refractivity contribution in [2.24, 2.45) is 5.92 Å². The fourth-order valence-electron chi connectivity index (χ4n) is 3.37. The molecule has 1 aromatic carbocycles. The number of benzene rings is 1. The van der Waals surface area contributed by atoms with Crippen LogP contribution >= 0.6 is 0 Å². The van der Waals surface area contributed by atoms with Crippen molar-refractivity contribution < 1.29 is 41.1 Å². The Kier molecular flexibility index (Phi) is 8.44. The number of alkyl halides is 3. The maximum atomic E-state index is 12.6. The van der Waals surface area contributed by atoms with Gasteiger partial charge in [0, 0.05) is 12.5 Å². The molecule has 4 N–H and O–H groups in total. The average Bonchev–Trinajstić information content (AvgIpc) is 2.75. The lowest BCUT2D eigenvalue weighted by atomic mass is 9.91. The predicted molar refractivity (Wildman–Crippen MR) is 118 cm³/mol. The molecule has 1 aromatic heterocycles. The summed E-state index contributed by atoms with van der Waals surface area (Å²) in [4.78, 5) is 38.8. The minimum Gasteiger partial charge on any atom is -0.475 e. The summed E-state index contributed by atoms with van der Waals surface area (Å²) in [5.74, 6) is -3.84. The number of sulfone groups is 1. The van der Waals surface area contributed by atoms with E-state index in [1.807, 2.05) is 30.3 Å². The van der Waals surface area contributed by atoms with Crippen LogP contribution in [-0.2, 0) is 25.8 Å². The van der Waals surface area contributed by atoms with Crippen LogP contribution in [0, 0.1) is 5.92 Å². The highest BCUT2D eigenvalue weighted by molar-refractivity contribution is 7.91. The van der Waals surface area contributed by atoms with Crippen molar-refractivity contribution in [1.82, 2.24) is 15.2 Å². The number of aromatic nitrogens is 1. The topological polar surface area (TPSA) is 160 Å². The van der Waals surface area contributed by atoms with Gasteiger partial charge in [0.15, 0.2) is 15.2 Å². The Labute approximate surface area is 198 Å². The number of anilines is 1. The molecule has 1 aliphatic heterocycles. The number of pyridine rings is 1. The number of carbonyl (C=O) groups is 3. The molecule has 190 valence electrons. The Balaban J connectivity index is 0.000000540. The lowest BCUT2D eigenvalue weighted by Crippen LogP contribution is -2.68. The first-order valence-electron chi connectivity index (χ1n) is 10.0. The molecule has 35 heavy (non-hydrogen) atoms. The van der Waals surface area contributed by atoms with Gasteiger partial charge in [0.2, 0.25) is 5.91 Å². The number of β-lactam (4-membered cyclic amide) rings is 1. The van der Waals surface area contributed by atoms with Crippen molar-refractivity contribution >= 4 is 33.6 Å². The summed E-state index contributed by atoms with van der Waals surface area (Å²) in [6, 6.07) is 11.4. The molecule has 0 unspecified atom stereocenters. The number of imide groups is 1. The fourth-order valence-corrected chi connectivity index (χ4v) is 4.76. The minimum atomic E-state index is -5.08. The van der Waals surface area contributed by atoms with Gasteiger partial charge in [-0.15, -0.1) is 0 Å². The molecule has 3 amide bonds. The third-order valence-electron chi connectivity index (χ3n) is 4.99. The van der Waals surface area contributed by atoms with Crippen LogP contribution in [0.2, 0.25) is 0 Å². The van der Waals surface area contributed by atoms with Crippen LogP contribution in [-0.4, -0.2) is 59.1 Å². The number of nitrogen functional groups attached to an aromatic ring is 1. The second kappa shape index (κ2) is 10.7. The van der Waals surface area contributed by atoms with E-state index in [1.165, 1.54) is 6.20 Å². The molecule has 3 atom stereocenters. The highest BCUT2D eigenvalue weighted by Gasteiger charge is 2.55. The maximum Gasteiger partial charge on any atom is 0.490 e. The van der Waals surface area contributed by atoms with Gasteiger partial charge in [-0.1, -0.05) is 30.3 Å². The number of hydrogen-bond acceptors (Lipinski definition) is 7. The Morgan fingerprint density at radius 2 is 1.80 bits per heavy atom. The van der Waals surface area contributed by atoms with Crippen molar-refractivity contribution in [3.8, 4) is 0 Å². The Bertz CT molecular complexity index is 1190. The molecular weight excluding hydrogens is 493 g/mol. The number of nitrogens with zero attached hydrogens (tertiary/aromatic N) is 2. The summed E-state index contributed by atoms with van der Waals surface area (Å²) in [5.41, 5.74) is 7.19. The predicted octanol–water partition coefficient (Wildman–Crippen LogP) is 2.14. The smallest absolute Gasteiger partial charge is 0.475 e. The Hall–Kier alpha value is -3.68. The number of hydrogen-bond donors (Lipinski definition) is 3. The van der Waals surface area contributed by atoms with Crippen molar-refractivity contribution in [2.45, 2.75) is 30.9 Å². The van der Waals surface area contributed by atoms with E-state index in [4.69, 9.17) is 15.6 Å². The van der Waals surface area contributed by atoms with Gasteiger partial charge in [0.05, 0.1) is 12.0 Å². The minimum absolute atomic E-state index is 0.168. The molecule has 2 heterocycles. The number of amides is 3. The van der Waals surface area contributed by atoms with Crippen LogP contribution in [0.15, 0.2) is 48.7 Å². The summed E-state index contributed by atoms with van der Waals surface area (Å²) in [7, 11) is -3.68. The molecule has 1 saturated heterocycles. The maximum absolute atomic E-state index is 12.6. The van der Waals surface area contributed by atoms with Gasteiger partial charge in [-0.25, -0.2) is 27.9 Å².